The maximum absolute atomic E-state index is 11.8. The molecule has 0 fully saturated rings. The van der Waals surface area contributed by atoms with Crippen LogP contribution in [0.4, 0.5) is 0 Å². The largest absolute Gasteiger partial charge is 0.459 e. The Morgan fingerprint density at radius 2 is 1.84 bits per heavy atom. The van der Waals surface area contributed by atoms with Gasteiger partial charge in [-0.15, -0.1) is 0 Å². The van der Waals surface area contributed by atoms with Gasteiger partial charge in [0.25, 0.3) is 11.8 Å². The number of furan rings is 1. The van der Waals surface area contributed by atoms with Gasteiger partial charge in [0.2, 0.25) is 0 Å². The van der Waals surface area contributed by atoms with Gasteiger partial charge in [-0.1, -0.05) is 38.1 Å². The Hall–Kier alpha value is -2.93. The van der Waals surface area contributed by atoms with E-state index >= 15 is 0 Å². The van der Waals surface area contributed by atoms with Gasteiger partial charge in [-0.25, -0.2) is 0 Å². The number of nitrogens with one attached hydrogen (secondary N) is 3. The summed E-state index contributed by atoms with van der Waals surface area (Å²) in [6.45, 7) is 4.25. The van der Waals surface area contributed by atoms with Gasteiger partial charge in [0.05, 0.1) is 6.26 Å². The monoisotopic (exact) mass is 357 g/mol. The summed E-state index contributed by atoms with van der Waals surface area (Å²) >= 11 is 4.92. The van der Waals surface area contributed by atoms with E-state index in [1.807, 2.05) is 24.3 Å². The molecular formula is C18H19N3O3S. The van der Waals surface area contributed by atoms with Crippen LogP contribution in [0.1, 0.15) is 41.4 Å². The summed E-state index contributed by atoms with van der Waals surface area (Å²) in [5.74, 6) is -0.316. The van der Waals surface area contributed by atoms with Crippen LogP contribution in [0, 0.1) is 0 Å². The number of carbonyl (C=O) groups excluding carboxylic acids is 2. The van der Waals surface area contributed by atoms with Gasteiger partial charge in [-0.3, -0.25) is 25.8 Å². The molecule has 0 radical (unpaired) electrons. The molecule has 2 aromatic rings. The highest BCUT2D eigenvalue weighted by Crippen LogP contribution is 2.15. The molecule has 1 aromatic carbocycles. The number of hydrogen-bond acceptors (Lipinski definition) is 4. The van der Waals surface area contributed by atoms with Crippen LogP contribution in [0.5, 0.6) is 0 Å². The SMILES string of the molecule is CC(C)c1ccc(/C=C/C(=O)NNC(=S)NC(=O)c2ccco2)cc1. The van der Waals surface area contributed by atoms with Gasteiger partial charge in [0.1, 0.15) is 0 Å². The summed E-state index contributed by atoms with van der Waals surface area (Å²) in [5, 5.41) is 2.34. The average Bonchev–Trinajstić information content (AvgIpc) is 3.13. The zero-order valence-corrected chi connectivity index (χ0v) is 14.7. The van der Waals surface area contributed by atoms with Crippen molar-refractivity contribution in [2.24, 2.45) is 0 Å². The van der Waals surface area contributed by atoms with Crippen molar-refractivity contribution in [3.8, 4) is 0 Å². The highest BCUT2D eigenvalue weighted by molar-refractivity contribution is 7.80. The van der Waals surface area contributed by atoms with E-state index in [1.54, 1.807) is 12.1 Å². The predicted molar refractivity (Wildman–Crippen MR) is 99.6 cm³/mol. The van der Waals surface area contributed by atoms with Crippen molar-refractivity contribution in [3.05, 3.63) is 65.6 Å². The smallest absolute Gasteiger partial charge is 0.293 e. The standard InChI is InChI=1S/C18H19N3O3S/c1-12(2)14-8-5-13(6-9-14)7-10-16(22)20-21-18(25)19-17(23)15-4-3-11-24-15/h3-12H,1-2H3,(H,20,22)(H2,19,21,23,25)/b10-7+. The predicted octanol–water partition coefficient (Wildman–Crippen LogP) is 2.75. The molecule has 6 nitrogen and oxygen atoms in total. The van der Waals surface area contributed by atoms with E-state index < -0.39 is 11.8 Å². The Labute approximate surface area is 151 Å². The van der Waals surface area contributed by atoms with Crippen molar-refractivity contribution in [1.82, 2.24) is 16.2 Å². The molecule has 0 atom stereocenters. The lowest BCUT2D eigenvalue weighted by atomic mass is 10.0. The maximum Gasteiger partial charge on any atom is 0.293 e. The zero-order valence-electron chi connectivity index (χ0n) is 13.9. The first kappa shape index (κ1) is 18.4. The summed E-state index contributed by atoms with van der Waals surface area (Å²) in [5.41, 5.74) is 6.96. The van der Waals surface area contributed by atoms with Gasteiger partial charge < -0.3 is 4.42 Å². The van der Waals surface area contributed by atoms with Crippen LogP contribution in [0.2, 0.25) is 0 Å². The van der Waals surface area contributed by atoms with E-state index in [1.165, 1.54) is 24.0 Å². The van der Waals surface area contributed by atoms with Crippen molar-refractivity contribution in [3.63, 3.8) is 0 Å². The number of hydrazine groups is 1. The Bertz CT molecular complexity index is 765. The fourth-order valence-electron chi connectivity index (χ4n) is 1.93. The van der Waals surface area contributed by atoms with Crippen LogP contribution in [0.3, 0.4) is 0 Å². The second-order valence-electron chi connectivity index (χ2n) is 5.53. The number of thiocarbonyl (C=S) groups is 1. The highest BCUT2D eigenvalue weighted by atomic mass is 32.1. The highest BCUT2D eigenvalue weighted by Gasteiger charge is 2.10. The minimum Gasteiger partial charge on any atom is -0.459 e. The molecule has 0 aliphatic carbocycles. The summed E-state index contributed by atoms with van der Waals surface area (Å²) in [6, 6.07) is 11.0. The number of benzene rings is 1. The Balaban J connectivity index is 1.77. The van der Waals surface area contributed by atoms with Gasteiger partial charge >= 0.3 is 0 Å². The van der Waals surface area contributed by atoms with Gasteiger partial charge in [0, 0.05) is 6.08 Å². The van der Waals surface area contributed by atoms with Crippen LogP contribution in [0.15, 0.2) is 53.2 Å². The minimum absolute atomic E-state index is 0.0376. The Kier molecular flexibility index (Phi) is 6.47. The third-order valence-electron chi connectivity index (χ3n) is 3.30. The van der Waals surface area contributed by atoms with E-state index in [-0.39, 0.29) is 10.9 Å². The summed E-state index contributed by atoms with van der Waals surface area (Å²) in [7, 11) is 0. The van der Waals surface area contributed by atoms with Gasteiger partial charge in [0.15, 0.2) is 10.9 Å². The molecule has 0 saturated heterocycles. The van der Waals surface area contributed by atoms with E-state index in [0.29, 0.717) is 5.92 Å². The molecule has 3 N–H and O–H groups in total. The number of amides is 2. The fraction of sp³-hybridized carbons (Fsp3) is 0.167. The molecule has 7 heteroatoms. The molecule has 0 saturated carbocycles. The zero-order chi connectivity index (χ0) is 18.2. The topological polar surface area (TPSA) is 83.4 Å². The molecule has 1 aromatic heterocycles. The molecule has 0 bridgehead atoms. The van der Waals surface area contributed by atoms with Crippen molar-refractivity contribution in [1.29, 1.82) is 0 Å². The van der Waals surface area contributed by atoms with E-state index in [2.05, 4.69) is 30.0 Å². The molecule has 0 unspecified atom stereocenters. The third-order valence-corrected chi connectivity index (χ3v) is 3.51. The van der Waals surface area contributed by atoms with E-state index in [0.717, 1.165) is 5.56 Å². The summed E-state index contributed by atoms with van der Waals surface area (Å²) in [6.07, 6.45) is 4.44. The van der Waals surface area contributed by atoms with Gasteiger partial charge in [-0.2, -0.15) is 0 Å². The first-order chi connectivity index (χ1) is 12.0. The third kappa shape index (κ3) is 5.89. The second-order valence-corrected chi connectivity index (χ2v) is 5.94. The Morgan fingerprint density at radius 1 is 1.12 bits per heavy atom. The molecule has 0 spiro atoms. The minimum atomic E-state index is -0.502. The van der Waals surface area contributed by atoms with E-state index in [9.17, 15) is 9.59 Å². The number of hydrogen-bond donors (Lipinski definition) is 3. The van der Waals surface area contributed by atoms with Crippen LogP contribution in [0.25, 0.3) is 6.08 Å². The average molecular weight is 357 g/mol. The molecular weight excluding hydrogens is 338 g/mol. The van der Waals surface area contributed by atoms with Crippen LogP contribution in [-0.4, -0.2) is 16.9 Å². The molecule has 130 valence electrons. The molecule has 2 rings (SSSR count). The molecule has 0 aliphatic rings. The summed E-state index contributed by atoms with van der Waals surface area (Å²) < 4.78 is 4.93. The van der Waals surface area contributed by atoms with E-state index in [4.69, 9.17) is 16.6 Å². The lowest BCUT2D eigenvalue weighted by Gasteiger charge is -2.08. The molecule has 2 amide bonds. The Morgan fingerprint density at radius 3 is 2.44 bits per heavy atom. The van der Waals surface area contributed by atoms with Crippen LogP contribution < -0.4 is 16.2 Å². The van der Waals surface area contributed by atoms with Crippen molar-refractivity contribution in [2.75, 3.05) is 0 Å². The lowest BCUT2D eigenvalue weighted by Crippen LogP contribution is -2.48. The maximum atomic E-state index is 11.8. The molecule has 25 heavy (non-hydrogen) atoms. The van der Waals surface area contributed by atoms with Crippen LogP contribution >= 0.6 is 12.2 Å². The summed E-state index contributed by atoms with van der Waals surface area (Å²) in [4.78, 5) is 23.4. The second kappa shape index (κ2) is 8.79. The van der Waals surface area contributed by atoms with Crippen molar-refractivity contribution < 1.29 is 14.0 Å². The fourth-order valence-corrected chi connectivity index (χ4v) is 2.07. The quantitative estimate of drug-likeness (QED) is 0.445. The first-order valence-corrected chi connectivity index (χ1v) is 8.09. The van der Waals surface area contributed by atoms with Crippen molar-refractivity contribution in [2.45, 2.75) is 19.8 Å². The molecule has 0 aliphatic heterocycles. The molecule has 1 heterocycles. The normalized spacial score (nSPS) is 10.7. The van der Waals surface area contributed by atoms with Gasteiger partial charge in [-0.05, 0) is 47.5 Å². The number of rotatable bonds is 4. The van der Waals surface area contributed by atoms with Crippen LogP contribution in [-0.2, 0) is 4.79 Å². The lowest BCUT2D eigenvalue weighted by molar-refractivity contribution is -0.116. The van der Waals surface area contributed by atoms with Crippen molar-refractivity contribution >= 4 is 35.2 Å². The number of carbonyl (C=O) groups is 2. The first-order valence-electron chi connectivity index (χ1n) is 7.68.